The van der Waals surface area contributed by atoms with Crippen LogP contribution in [-0.4, -0.2) is 36.8 Å². The number of rotatable bonds is 11. The lowest BCUT2D eigenvalue weighted by molar-refractivity contribution is -0.196. The number of ketones is 1. The molecule has 2 aromatic rings. The van der Waals surface area contributed by atoms with Crippen molar-refractivity contribution in [1.82, 2.24) is 0 Å². The van der Waals surface area contributed by atoms with E-state index in [9.17, 15) is 4.79 Å². The summed E-state index contributed by atoms with van der Waals surface area (Å²) in [7, 11) is 0. The molecule has 34 heavy (non-hydrogen) atoms. The average Bonchev–Trinajstić information content (AvgIpc) is 2.81. The third-order valence-corrected chi connectivity index (χ3v) is 7.43. The van der Waals surface area contributed by atoms with E-state index in [1.54, 1.807) is 18.2 Å². The van der Waals surface area contributed by atoms with Crippen molar-refractivity contribution in [3.8, 4) is 11.8 Å². The Bertz CT molecular complexity index is 1020. The lowest BCUT2D eigenvalue weighted by atomic mass is 9.44. The molecule has 0 radical (unpaired) electrons. The predicted octanol–water partition coefficient (Wildman–Crippen LogP) is 5.86. The largest absolute Gasteiger partial charge is 0.489 e. The van der Waals surface area contributed by atoms with Gasteiger partial charge < -0.3 is 14.6 Å². The summed E-state index contributed by atoms with van der Waals surface area (Å²) in [5, 5.41) is 18.2. The first-order valence-corrected chi connectivity index (χ1v) is 12.2. The monoisotopic (exact) mass is 483 g/mol. The molecule has 1 aliphatic rings. The molecule has 6 heteroatoms. The summed E-state index contributed by atoms with van der Waals surface area (Å²) in [4.78, 5) is 13.1. The van der Waals surface area contributed by atoms with Crippen molar-refractivity contribution in [3.63, 3.8) is 0 Å². The summed E-state index contributed by atoms with van der Waals surface area (Å²) in [6.45, 7) is 9.62. The number of aliphatic hydroxyl groups excluding tert-OH is 1. The van der Waals surface area contributed by atoms with Gasteiger partial charge in [0.2, 0.25) is 0 Å². The van der Waals surface area contributed by atoms with Gasteiger partial charge in [-0.3, -0.25) is 4.79 Å². The van der Waals surface area contributed by atoms with E-state index in [0.717, 1.165) is 18.4 Å². The van der Waals surface area contributed by atoms with Gasteiger partial charge in [0.25, 0.3) is 0 Å². The van der Waals surface area contributed by atoms with Gasteiger partial charge in [0, 0.05) is 35.5 Å². The summed E-state index contributed by atoms with van der Waals surface area (Å²) < 4.78 is 11.6. The first-order valence-electron chi connectivity index (χ1n) is 11.8. The van der Waals surface area contributed by atoms with E-state index in [4.69, 9.17) is 31.4 Å². The van der Waals surface area contributed by atoms with Crippen molar-refractivity contribution in [2.75, 3.05) is 19.8 Å². The highest BCUT2D eigenvalue weighted by Crippen LogP contribution is 2.61. The number of hydrogen-bond donors (Lipinski definition) is 1. The summed E-state index contributed by atoms with van der Waals surface area (Å²) in [5.74, 6) is 0.941. The molecule has 0 atom stereocenters. The minimum atomic E-state index is -0.200. The summed E-state index contributed by atoms with van der Waals surface area (Å²) in [5.41, 5.74) is 1.92. The van der Waals surface area contributed by atoms with Crippen LogP contribution in [0.1, 0.15) is 62.0 Å². The van der Waals surface area contributed by atoms with Crippen LogP contribution in [0.25, 0.3) is 0 Å². The molecule has 1 fully saturated rings. The molecule has 3 rings (SSSR count). The number of Topliss-reactive ketones (excluding diaryl/α,β-unsaturated/α-hetero) is 1. The maximum atomic E-state index is 13.1. The second-order valence-electron chi connectivity index (χ2n) is 10.2. The Morgan fingerprint density at radius 3 is 2.35 bits per heavy atom. The van der Waals surface area contributed by atoms with Gasteiger partial charge in [0.15, 0.2) is 5.78 Å². The minimum absolute atomic E-state index is 0.0437. The molecule has 0 aromatic heterocycles. The number of hydrogen-bond acceptors (Lipinski definition) is 5. The van der Waals surface area contributed by atoms with Crippen LogP contribution < -0.4 is 4.74 Å². The smallest absolute Gasteiger partial charge is 0.163 e. The van der Waals surface area contributed by atoms with E-state index in [-0.39, 0.29) is 35.2 Å². The Morgan fingerprint density at radius 2 is 1.76 bits per heavy atom. The van der Waals surface area contributed by atoms with Gasteiger partial charge >= 0.3 is 0 Å². The van der Waals surface area contributed by atoms with E-state index < -0.39 is 0 Å². The number of aryl methyl sites for hydroxylation is 1. The second-order valence-corrected chi connectivity index (χ2v) is 10.6. The number of nitrogens with zero attached hydrogens (tertiary/aromatic N) is 1. The maximum Gasteiger partial charge on any atom is 0.163 e. The average molecular weight is 484 g/mol. The fourth-order valence-corrected chi connectivity index (χ4v) is 5.73. The molecular weight excluding hydrogens is 450 g/mol. The first-order chi connectivity index (χ1) is 16.1. The van der Waals surface area contributed by atoms with Crippen LogP contribution >= 0.6 is 11.6 Å². The molecule has 1 N–H and O–H groups in total. The lowest BCUT2D eigenvalue weighted by Crippen LogP contribution is -2.66. The molecule has 1 aliphatic carbocycles. The van der Waals surface area contributed by atoms with Crippen molar-refractivity contribution in [2.24, 2.45) is 16.7 Å². The molecule has 0 bridgehead atoms. The van der Waals surface area contributed by atoms with E-state index in [0.29, 0.717) is 36.0 Å². The molecule has 0 heterocycles. The van der Waals surface area contributed by atoms with Crippen molar-refractivity contribution in [2.45, 2.75) is 53.1 Å². The topological polar surface area (TPSA) is 79.6 Å². The Hall–Kier alpha value is -2.39. The maximum absolute atomic E-state index is 13.1. The molecule has 0 spiro atoms. The molecular formula is C28H34ClNO4. The fourth-order valence-electron chi connectivity index (χ4n) is 5.52. The van der Waals surface area contributed by atoms with E-state index in [1.165, 1.54) is 5.56 Å². The quantitative estimate of drug-likeness (QED) is 0.320. The second kappa shape index (κ2) is 10.9. The van der Waals surface area contributed by atoms with Crippen LogP contribution in [0.5, 0.6) is 5.75 Å². The van der Waals surface area contributed by atoms with Gasteiger partial charge in [-0.05, 0) is 36.5 Å². The van der Waals surface area contributed by atoms with Crippen molar-refractivity contribution in [3.05, 3.63) is 64.2 Å². The molecule has 0 unspecified atom stereocenters. The number of aliphatic hydroxyl groups is 1. The van der Waals surface area contributed by atoms with Gasteiger partial charge in [-0.15, -0.1) is 0 Å². The highest BCUT2D eigenvalue weighted by atomic mass is 35.5. The summed E-state index contributed by atoms with van der Waals surface area (Å²) in [6, 6.07) is 15.0. The molecule has 5 nitrogen and oxygen atoms in total. The van der Waals surface area contributed by atoms with Crippen molar-refractivity contribution in [1.29, 1.82) is 5.26 Å². The Labute approximate surface area is 207 Å². The fraction of sp³-hybridized carbons (Fsp3) is 0.500. The normalized spacial score (nSPS) is 20.3. The zero-order chi connectivity index (χ0) is 24.9. The van der Waals surface area contributed by atoms with Crippen molar-refractivity contribution < 1.29 is 19.4 Å². The lowest BCUT2D eigenvalue weighted by Gasteiger charge is -2.63. The minimum Gasteiger partial charge on any atom is -0.489 e. The van der Waals surface area contributed by atoms with Gasteiger partial charge in [0.05, 0.1) is 23.8 Å². The van der Waals surface area contributed by atoms with E-state index >= 15 is 0 Å². The van der Waals surface area contributed by atoms with Crippen LogP contribution in [0.2, 0.25) is 5.02 Å². The molecule has 1 saturated carbocycles. The van der Waals surface area contributed by atoms with E-state index in [1.807, 2.05) is 24.3 Å². The van der Waals surface area contributed by atoms with Gasteiger partial charge in [-0.2, -0.15) is 5.26 Å². The van der Waals surface area contributed by atoms with Gasteiger partial charge in [-0.25, -0.2) is 0 Å². The molecule has 182 valence electrons. The van der Waals surface area contributed by atoms with Crippen LogP contribution in [-0.2, 0) is 11.2 Å². The highest BCUT2D eigenvalue weighted by Gasteiger charge is 2.63. The number of halogens is 1. The molecule has 0 amide bonds. The van der Waals surface area contributed by atoms with Gasteiger partial charge in [-0.1, -0.05) is 63.6 Å². The number of nitriles is 1. The molecule has 0 aliphatic heterocycles. The predicted molar refractivity (Wildman–Crippen MR) is 133 cm³/mol. The SMILES string of the molecule is CC1(C)C(CC(=O)c2ccc(CCCOCCO)cc2)C(C)(C)C1Oc1ccc(C#N)c(Cl)c1. The van der Waals surface area contributed by atoms with Gasteiger partial charge in [0.1, 0.15) is 17.9 Å². The van der Waals surface area contributed by atoms with Crippen LogP contribution in [0.4, 0.5) is 0 Å². The third-order valence-electron chi connectivity index (χ3n) is 7.12. The van der Waals surface area contributed by atoms with Crippen molar-refractivity contribution >= 4 is 17.4 Å². The zero-order valence-electron chi connectivity index (χ0n) is 20.4. The number of carbonyl (C=O) groups is 1. The van der Waals surface area contributed by atoms with Crippen LogP contribution in [0, 0.1) is 28.1 Å². The zero-order valence-corrected chi connectivity index (χ0v) is 21.2. The Balaban J connectivity index is 1.60. The van der Waals surface area contributed by atoms with E-state index in [2.05, 4.69) is 33.8 Å². The Morgan fingerprint density at radius 1 is 1.09 bits per heavy atom. The Kier molecular flexibility index (Phi) is 8.41. The summed E-state index contributed by atoms with van der Waals surface area (Å²) >= 11 is 6.18. The number of benzene rings is 2. The van der Waals surface area contributed by atoms with Crippen LogP contribution in [0.15, 0.2) is 42.5 Å². The third kappa shape index (κ3) is 5.63. The summed E-state index contributed by atoms with van der Waals surface area (Å²) in [6.07, 6.45) is 2.13. The highest BCUT2D eigenvalue weighted by molar-refractivity contribution is 6.31. The first kappa shape index (κ1) is 26.2. The molecule has 2 aromatic carbocycles. The number of carbonyl (C=O) groups excluding carboxylic acids is 1. The van der Waals surface area contributed by atoms with Crippen LogP contribution in [0.3, 0.4) is 0 Å². The molecule has 0 saturated heterocycles. The standard InChI is InChI=1S/C28H34ClNO4/c1-27(2)25(28(3,4)26(27)34-22-12-11-21(18-30)23(29)16-22)17-24(32)20-9-7-19(8-10-20)6-5-14-33-15-13-31/h7-12,16,25-26,31H,5-6,13-15,17H2,1-4H3. The number of ether oxygens (including phenoxy) is 2.